The lowest BCUT2D eigenvalue weighted by atomic mass is 9.43. The summed E-state index contributed by atoms with van der Waals surface area (Å²) in [6.07, 6.45) is 9.19. The van der Waals surface area contributed by atoms with Crippen LogP contribution in [0.1, 0.15) is 85.0 Å². The summed E-state index contributed by atoms with van der Waals surface area (Å²) in [5, 5.41) is 30.5. The van der Waals surface area contributed by atoms with Crippen LogP contribution in [0.15, 0.2) is 0 Å². The SMILES string of the molecule is C[C@H](CCC(=O)O)[C@H]1CC[C@@H]2[C@@H]3[C@H](O)C[C@H]4C[C@H](O)CC[C@@]4(C)[C@@H]3CC[C@@]21C. The molecular weight excluding hydrogens is 352 g/mol. The maximum Gasteiger partial charge on any atom is 0.303 e. The van der Waals surface area contributed by atoms with E-state index in [-0.39, 0.29) is 29.5 Å². The Bertz CT molecular complexity index is 605. The van der Waals surface area contributed by atoms with Gasteiger partial charge in [0.2, 0.25) is 0 Å². The Morgan fingerprint density at radius 2 is 1.68 bits per heavy atom. The molecule has 4 aliphatic carbocycles. The summed E-state index contributed by atoms with van der Waals surface area (Å²) in [6, 6.07) is 0. The number of aliphatic carboxylic acids is 1. The number of carbonyl (C=O) groups is 1. The van der Waals surface area contributed by atoms with Crippen molar-refractivity contribution in [2.45, 2.75) is 97.2 Å². The molecule has 0 bridgehead atoms. The third-order valence-electron chi connectivity index (χ3n) is 10.2. The third-order valence-corrected chi connectivity index (χ3v) is 10.2. The molecule has 10 atom stereocenters. The van der Waals surface area contributed by atoms with Gasteiger partial charge in [-0.1, -0.05) is 20.8 Å². The van der Waals surface area contributed by atoms with Crippen LogP contribution in [0, 0.1) is 46.3 Å². The highest BCUT2D eigenvalue weighted by Gasteiger charge is 2.62. The van der Waals surface area contributed by atoms with E-state index in [2.05, 4.69) is 20.8 Å². The standard InChI is InChI=1S/C24H40O4/c1-14(4-7-21(27)28)17-5-6-18-22-19(9-11-24(17,18)3)23(2)10-8-16(25)12-15(23)13-20(22)26/h14-20,22,25-26H,4-13H2,1-3H3,(H,27,28)/t14-,15-,16-,17-,18-,19-,20-,22+,23-,24-/m1/s1. The molecule has 0 amide bonds. The summed E-state index contributed by atoms with van der Waals surface area (Å²) in [6.45, 7) is 7.16. The normalized spacial score (nSPS) is 51.7. The van der Waals surface area contributed by atoms with Crippen LogP contribution in [0.2, 0.25) is 0 Å². The lowest BCUT2D eigenvalue weighted by Crippen LogP contribution is -2.58. The zero-order valence-electron chi connectivity index (χ0n) is 17.9. The maximum absolute atomic E-state index is 11.2. The van der Waals surface area contributed by atoms with Crippen LogP contribution in [0.5, 0.6) is 0 Å². The molecule has 4 heteroatoms. The molecule has 0 saturated heterocycles. The Morgan fingerprint density at radius 3 is 2.39 bits per heavy atom. The molecule has 0 aliphatic heterocycles. The van der Waals surface area contributed by atoms with Crippen molar-refractivity contribution < 1.29 is 20.1 Å². The summed E-state index contributed by atoms with van der Waals surface area (Å²) >= 11 is 0. The van der Waals surface area contributed by atoms with Gasteiger partial charge in [0, 0.05) is 6.42 Å². The van der Waals surface area contributed by atoms with Gasteiger partial charge in [-0.15, -0.1) is 0 Å². The minimum atomic E-state index is -0.684. The fourth-order valence-electron chi connectivity index (χ4n) is 8.73. The predicted molar refractivity (Wildman–Crippen MR) is 109 cm³/mol. The van der Waals surface area contributed by atoms with Gasteiger partial charge in [0.25, 0.3) is 0 Å². The Morgan fingerprint density at radius 1 is 1.00 bits per heavy atom. The number of hydrogen-bond donors (Lipinski definition) is 3. The van der Waals surface area contributed by atoms with Gasteiger partial charge in [0.1, 0.15) is 0 Å². The molecule has 3 N–H and O–H groups in total. The van der Waals surface area contributed by atoms with Crippen molar-refractivity contribution in [3.8, 4) is 0 Å². The third kappa shape index (κ3) is 3.14. The van der Waals surface area contributed by atoms with Crippen molar-refractivity contribution in [3.05, 3.63) is 0 Å². The summed E-state index contributed by atoms with van der Waals surface area (Å²) in [4.78, 5) is 11.1. The molecule has 4 nitrogen and oxygen atoms in total. The topological polar surface area (TPSA) is 77.8 Å². The second-order valence-electron chi connectivity index (χ2n) is 11.4. The molecular formula is C24H40O4. The Kier molecular flexibility index (Phi) is 5.36. The van der Waals surface area contributed by atoms with E-state index in [0.717, 1.165) is 32.1 Å². The van der Waals surface area contributed by atoms with Crippen LogP contribution >= 0.6 is 0 Å². The van der Waals surface area contributed by atoms with E-state index in [1.807, 2.05) is 0 Å². The quantitative estimate of drug-likeness (QED) is 0.659. The number of fused-ring (bicyclic) bond motifs is 5. The first-order valence-electron chi connectivity index (χ1n) is 11.7. The van der Waals surface area contributed by atoms with Crippen molar-refractivity contribution in [1.82, 2.24) is 0 Å². The number of hydrogen-bond acceptors (Lipinski definition) is 3. The zero-order valence-corrected chi connectivity index (χ0v) is 17.9. The van der Waals surface area contributed by atoms with Gasteiger partial charge in [-0.25, -0.2) is 0 Å². The van der Waals surface area contributed by atoms with Crippen molar-refractivity contribution in [1.29, 1.82) is 0 Å². The molecule has 4 saturated carbocycles. The van der Waals surface area contributed by atoms with Gasteiger partial charge in [-0.2, -0.15) is 0 Å². The molecule has 4 fully saturated rings. The summed E-state index contributed by atoms with van der Waals surface area (Å²) in [7, 11) is 0. The molecule has 160 valence electrons. The molecule has 4 rings (SSSR count). The molecule has 0 heterocycles. The fraction of sp³-hybridized carbons (Fsp3) is 0.958. The summed E-state index contributed by atoms with van der Waals surface area (Å²) < 4.78 is 0. The lowest BCUT2D eigenvalue weighted by molar-refractivity contribution is -0.174. The first-order chi connectivity index (χ1) is 13.2. The van der Waals surface area contributed by atoms with E-state index in [1.165, 1.54) is 25.7 Å². The average Bonchev–Trinajstić information content (AvgIpc) is 2.98. The fourth-order valence-corrected chi connectivity index (χ4v) is 8.73. The van der Waals surface area contributed by atoms with Gasteiger partial charge >= 0.3 is 5.97 Å². The minimum absolute atomic E-state index is 0.179. The number of carboxylic acids is 1. The van der Waals surface area contributed by atoms with Gasteiger partial charge in [-0.05, 0) is 104 Å². The molecule has 0 unspecified atom stereocenters. The maximum atomic E-state index is 11.2. The van der Waals surface area contributed by atoms with E-state index in [1.54, 1.807) is 0 Å². The Balaban J connectivity index is 1.55. The highest BCUT2D eigenvalue weighted by molar-refractivity contribution is 5.66. The second kappa shape index (κ2) is 7.27. The Hall–Kier alpha value is -0.610. The molecule has 0 spiro atoms. The van der Waals surface area contributed by atoms with E-state index < -0.39 is 5.97 Å². The van der Waals surface area contributed by atoms with Gasteiger partial charge in [0.05, 0.1) is 12.2 Å². The van der Waals surface area contributed by atoms with Crippen molar-refractivity contribution >= 4 is 5.97 Å². The number of aliphatic hydroxyl groups excluding tert-OH is 2. The van der Waals surface area contributed by atoms with Crippen molar-refractivity contribution in [3.63, 3.8) is 0 Å². The van der Waals surface area contributed by atoms with Gasteiger partial charge < -0.3 is 15.3 Å². The van der Waals surface area contributed by atoms with Crippen molar-refractivity contribution in [2.24, 2.45) is 46.3 Å². The molecule has 28 heavy (non-hydrogen) atoms. The zero-order chi connectivity index (χ0) is 20.3. The average molecular weight is 393 g/mol. The van der Waals surface area contributed by atoms with Gasteiger partial charge in [-0.3, -0.25) is 4.79 Å². The molecule has 0 radical (unpaired) electrons. The summed E-state index contributed by atoms with van der Waals surface area (Å²) in [5.41, 5.74) is 0.523. The number of carboxylic acid groups (broad SMARTS) is 1. The molecule has 0 aromatic rings. The second-order valence-corrected chi connectivity index (χ2v) is 11.4. The van der Waals surface area contributed by atoms with Crippen LogP contribution in [0.4, 0.5) is 0 Å². The molecule has 0 aromatic carbocycles. The van der Waals surface area contributed by atoms with E-state index >= 15 is 0 Å². The highest BCUT2D eigenvalue weighted by atomic mass is 16.4. The predicted octanol–water partition coefficient (Wildman–Crippen LogP) is 4.48. The first-order valence-corrected chi connectivity index (χ1v) is 11.7. The van der Waals surface area contributed by atoms with Crippen molar-refractivity contribution in [2.75, 3.05) is 0 Å². The first kappa shape index (κ1) is 20.7. The van der Waals surface area contributed by atoms with E-state index in [4.69, 9.17) is 5.11 Å². The summed E-state index contributed by atoms with van der Waals surface area (Å²) in [5.74, 6) is 2.36. The number of aliphatic hydroxyl groups is 2. The number of rotatable bonds is 4. The lowest BCUT2D eigenvalue weighted by Gasteiger charge is -2.62. The van der Waals surface area contributed by atoms with Crippen LogP contribution < -0.4 is 0 Å². The van der Waals surface area contributed by atoms with E-state index in [9.17, 15) is 15.0 Å². The highest BCUT2D eigenvalue weighted by Crippen LogP contribution is 2.68. The van der Waals surface area contributed by atoms with Crippen LogP contribution in [0.25, 0.3) is 0 Å². The van der Waals surface area contributed by atoms with Gasteiger partial charge in [0.15, 0.2) is 0 Å². The molecule has 4 aliphatic rings. The van der Waals surface area contributed by atoms with E-state index in [0.29, 0.717) is 35.5 Å². The van der Waals surface area contributed by atoms with Crippen LogP contribution in [-0.2, 0) is 4.79 Å². The smallest absolute Gasteiger partial charge is 0.303 e. The monoisotopic (exact) mass is 392 g/mol. The Labute approximate surface area is 170 Å². The minimum Gasteiger partial charge on any atom is -0.481 e. The molecule has 0 aromatic heterocycles. The van der Waals surface area contributed by atoms with Crippen LogP contribution in [-0.4, -0.2) is 33.5 Å². The largest absolute Gasteiger partial charge is 0.481 e. The van der Waals surface area contributed by atoms with Crippen LogP contribution in [0.3, 0.4) is 0 Å².